The molecule has 6 heteroatoms. The second-order valence-electron chi connectivity index (χ2n) is 3.96. The number of aliphatic hydroxyl groups is 2. The van der Waals surface area contributed by atoms with Crippen molar-refractivity contribution in [2.75, 3.05) is 13.2 Å². The zero-order chi connectivity index (χ0) is 13.1. The van der Waals surface area contributed by atoms with E-state index in [-0.39, 0.29) is 12.5 Å². The smallest absolute Gasteiger partial charge is 0.252 e. The molecule has 0 fully saturated rings. The fourth-order valence-corrected chi connectivity index (χ4v) is 2.32. The van der Waals surface area contributed by atoms with Gasteiger partial charge in [-0.3, -0.25) is 4.79 Å². The Morgan fingerprint density at radius 3 is 2.65 bits per heavy atom. The highest BCUT2D eigenvalue weighted by Gasteiger charge is 2.20. The highest BCUT2D eigenvalue weighted by Crippen LogP contribution is 2.21. The molecule has 0 saturated carbocycles. The van der Waals surface area contributed by atoms with Crippen LogP contribution in [0.4, 0.5) is 0 Å². The molecule has 0 aliphatic rings. The standard InChI is InChI=1S/C11H13Br2NO3/c1-11(17,6-15)5-14-10(16)8-3-2-7(12)4-9(8)13/h2-4,15,17H,5-6H2,1H3,(H,14,16). The summed E-state index contributed by atoms with van der Waals surface area (Å²) in [4.78, 5) is 11.8. The first-order valence-electron chi connectivity index (χ1n) is 4.92. The Morgan fingerprint density at radius 1 is 1.47 bits per heavy atom. The number of hydrogen-bond donors (Lipinski definition) is 3. The molecule has 0 radical (unpaired) electrons. The molecular formula is C11H13Br2NO3. The lowest BCUT2D eigenvalue weighted by Crippen LogP contribution is -2.43. The van der Waals surface area contributed by atoms with Gasteiger partial charge < -0.3 is 15.5 Å². The monoisotopic (exact) mass is 365 g/mol. The Labute approximate surface area is 116 Å². The number of hydrogen-bond acceptors (Lipinski definition) is 3. The Bertz CT molecular complexity index is 421. The molecule has 0 bridgehead atoms. The van der Waals surface area contributed by atoms with Crippen molar-refractivity contribution in [1.82, 2.24) is 5.32 Å². The van der Waals surface area contributed by atoms with Gasteiger partial charge in [0.25, 0.3) is 5.91 Å². The molecule has 1 unspecified atom stereocenters. The minimum atomic E-state index is -1.31. The van der Waals surface area contributed by atoms with Crippen molar-refractivity contribution >= 4 is 37.8 Å². The van der Waals surface area contributed by atoms with Gasteiger partial charge in [0.15, 0.2) is 0 Å². The van der Waals surface area contributed by atoms with Gasteiger partial charge in [0.05, 0.1) is 12.2 Å². The molecule has 0 aliphatic heterocycles. The van der Waals surface area contributed by atoms with Crippen LogP contribution in [0.1, 0.15) is 17.3 Å². The van der Waals surface area contributed by atoms with Gasteiger partial charge in [0, 0.05) is 15.5 Å². The van der Waals surface area contributed by atoms with Crippen molar-refractivity contribution in [1.29, 1.82) is 0 Å². The van der Waals surface area contributed by atoms with Gasteiger partial charge in [-0.05, 0) is 41.1 Å². The van der Waals surface area contributed by atoms with Crippen LogP contribution in [0.15, 0.2) is 27.1 Å². The molecule has 17 heavy (non-hydrogen) atoms. The number of amides is 1. The van der Waals surface area contributed by atoms with E-state index in [1.165, 1.54) is 6.92 Å². The van der Waals surface area contributed by atoms with Crippen molar-refractivity contribution < 1.29 is 15.0 Å². The minimum Gasteiger partial charge on any atom is -0.393 e. The first-order chi connectivity index (χ1) is 7.85. The molecule has 94 valence electrons. The van der Waals surface area contributed by atoms with Crippen LogP contribution in [0.25, 0.3) is 0 Å². The summed E-state index contributed by atoms with van der Waals surface area (Å²) in [5, 5.41) is 21.0. The van der Waals surface area contributed by atoms with E-state index in [0.29, 0.717) is 10.0 Å². The lowest BCUT2D eigenvalue weighted by Gasteiger charge is -2.20. The van der Waals surface area contributed by atoms with E-state index in [0.717, 1.165) is 4.47 Å². The van der Waals surface area contributed by atoms with E-state index in [1.807, 2.05) is 0 Å². The molecule has 0 heterocycles. The zero-order valence-electron chi connectivity index (χ0n) is 9.20. The molecule has 0 saturated heterocycles. The first-order valence-corrected chi connectivity index (χ1v) is 6.51. The fraction of sp³-hybridized carbons (Fsp3) is 0.364. The van der Waals surface area contributed by atoms with E-state index in [1.54, 1.807) is 18.2 Å². The Hall–Kier alpha value is -0.430. The molecule has 0 aliphatic carbocycles. The Morgan fingerprint density at radius 2 is 2.12 bits per heavy atom. The van der Waals surface area contributed by atoms with Crippen LogP contribution in [0, 0.1) is 0 Å². The van der Waals surface area contributed by atoms with Gasteiger partial charge in [-0.2, -0.15) is 0 Å². The number of aliphatic hydroxyl groups excluding tert-OH is 1. The van der Waals surface area contributed by atoms with E-state index in [9.17, 15) is 9.90 Å². The average Bonchev–Trinajstić information content (AvgIpc) is 2.26. The predicted octanol–water partition coefficient (Wildman–Crippen LogP) is 1.68. The number of carbonyl (C=O) groups is 1. The van der Waals surface area contributed by atoms with Crippen LogP contribution >= 0.6 is 31.9 Å². The highest BCUT2D eigenvalue weighted by atomic mass is 79.9. The maximum absolute atomic E-state index is 11.8. The predicted molar refractivity (Wildman–Crippen MR) is 71.9 cm³/mol. The van der Waals surface area contributed by atoms with Crippen LogP contribution in [0.2, 0.25) is 0 Å². The van der Waals surface area contributed by atoms with E-state index in [4.69, 9.17) is 5.11 Å². The number of halogens is 2. The molecule has 3 N–H and O–H groups in total. The maximum atomic E-state index is 11.8. The summed E-state index contributed by atoms with van der Waals surface area (Å²) in [6.45, 7) is 1.03. The Balaban J connectivity index is 2.71. The molecular weight excluding hydrogens is 354 g/mol. The summed E-state index contributed by atoms with van der Waals surface area (Å²) < 4.78 is 1.52. The van der Waals surface area contributed by atoms with Crippen LogP contribution < -0.4 is 5.32 Å². The van der Waals surface area contributed by atoms with E-state index in [2.05, 4.69) is 37.2 Å². The third-order valence-electron chi connectivity index (χ3n) is 2.15. The van der Waals surface area contributed by atoms with Crippen LogP contribution in [-0.4, -0.2) is 34.9 Å². The summed E-state index contributed by atoms with van der Waals surface area (Å²) in [6.07, 6.45) is 0. The number of nitrogens with one attached hydrogen (secondary N) is 1. The molecule has 1 rings (SSSR count). The lowest BCUT2D eigenvalue weighted by atomic mass is 10.1. The average molecular weight is 367 g/mol. The van der Waals surface area contributed by atoms with Crippen molar-refractivity contribution in [3.8, 4) is 0 Å². The Kier molecular flexibility index (Phi) is 5.12. The number of benzene rings is 1. The largest absolute Gasteiger partial charge is 0.393 e. The molecule has 1 aromatic rings. The van der Waals surface area contributed by atoms with Crippen LogP contribution in [0.3, 0.4) is 0 Å². The highest BCUT2D eigenvalue weighted by molar-refractivity contribution is 9.11. The van der Waals surface area contributed by atoms with E-state index < -0.39 is 12.2 Å². The maximum Gasteiger partial charge on any atom is 0.252 e. The third kappa shape index (κ3) is 4.39. The lowest BCUT2D eigenvalue weighted by molar-refractivity contribution is 0.00319. The van der Waals surface area contributed by atoms with Gasteiger partial charge in [-0.1, -0.05) is 15.9 Å². The van der Waals surface area contributed by atoms with Gasteiger partial charge in [-0.15, -0.1) is 0 Å². The number of rotatable bonds is 4. The van der Waals surface area contributed by atoms with Gasteiger partial charge in [0.2, 0.25) is 0 Å². The summed E-state index contributed by atoms with van der Waals surface area (Å²) in [5.74, 6) is -0.307. The van der Waals surface area contributed by atoms with Gasteiger partial charge >= 0.3 is 0 Å². The second-order valence-corrected chi connectivity index (χ2v) is 5.73. The topological polar surface area (TPSA) is 69.6 Å². The summed E-state index contributed by atoms with van der Waals surface area (Å²) >= 11 is 6.58. The number of carbonyl (C=O) groups excluding carboxylic acids is 1. The third-order valence-corrected chi connectivity index (χ3v) is 3.30. The summed E-state index contributed by atoms with van der Waals surface area (Å²) in [7, 11) is 0. The fourth-order valence-electron chi connectivity index (χ4n) is 1.10. The molecule has 1 amide bonds. The van der Waals surface area contributed by atoms with Gasteiger partial charge in [0.1, 0.15) is 5.60 Å². The van der Waals surface area contributed by atoms with Crippen molar-refractivity contribution in [3.63, 3.8) is 0 Å². The zero-order valence-corrected chi connectivity index (χ0v) is 12.4. The molecule has 1 aromatic carbocycles. The molecule has 4 nitrogen and oxygen atoms in total. The first kappa shape index (κ1) is 14.6. The normalized spacial score (nSPS) is 14.2. The second kappa shape index (κ2) is 5.95. The minimum absolute atomic E-state index is 0.00909. The molecule has 0 spiro atoms. The summed E-state index contributed by atoms with van der Waals surface area (Å²) in [5.41, 5.74) is -0.834. The van der Waals surface area contributed by atoms with E-state index >= 15 is 0 Å². The molecule has 0 aromatic heterocycles. The van der Waals surface area contributed by atoms with Gasteiger partial charge in [-0.25, -0.2) is 0 Å². The van der Waals surface area contributed by atoms with Crippen molar-refractivity contribution in [2.24, 2.45) is 0 Å². The van der Waals surface area contributed by atoms with Crippen molar-refractivity contribution in [2.45, 2.75) is 12.5 Å². The SMILES string of the molecule is CC(O)(CO)CNC(=O)c1ccc(Br)cc1Br. The summed E-state index contributed by atoms with van der Waals surface area (Å²) in [6, 6.07) is 5.18. The van der Waals surface area contributed by atoms with Crippen molar-refractivity contribution in [3.05, 3.63) is 32.7 Å². The van der Waals surface area contributed by atoms with Crippen LogP contribution in [0.5, 0.6) is 0 Å². The molecule has 1 atom stereocenters. The van der Waals surface area contributed by atoms with Crippen LogP contribution in [-0.2, 0) is 0 Å². The quantitative estimate of drug-likeness (QED) is 0.759.